The summed E-state index contributed by atoms with van der Waals surface area (Å²) in [5.41, 5.74) is 1.18. The van der Waals surface area contributed by atoms with Crippen molar-refractivity contribution in [1.82, 2.24) is 5.32 Å². The van der Waals surface area contributed by atoms with Crippen LogP contribution in [0.3, 0.4) is 0 Å². The molecule has 1 aliphatic rings. The van der Waals surface area contributed by atoms with Crippen molar-refractivity contribution in [2.45, 2.75) is 36.3 Å². The molecule has 2 atom stereocenters. The molecule has 0 saturated heterocycles. The van der Waals surface area contributed by atoms with E-state index in [1.165, 1.54) is 12.1 Å². The molecule has 0 aromatic heterocycles. The third-order valence-electron chi connectivity index (χ3n) is 4.65. The third kappa shape index (κ3) is 5.13. The van der Waals surface area contributed by atoms with Crippen molar-refractivity contribution in [3.8, 4) is 0 Å². The maximum atomic E-state index is 13.2. The number of aryl methyl sites for hydroxylation is 1. The van der Waals surface area contributed by atoms with Gasteiger partial charge in [-0.25, -0.2) is 17.2 Å². The molecule has 8 heteroatoms. The summed E-state index contributed by atoms with van der Waals surface area (Å²) in [5, 5.41) is 13.4. The number of aliphatic hydroxyl groups excluding tert-OH is 1. The molecule has 27 heavy (non-hydrogen) atoms. The number of rotatable bonds is 6. The molecule has 2 N–H and O–H groups in total. The first-order valence-electron chi connectivity index (χ1n) is 8.63. The summed E-state index contributed by atoms with van der Waals surface area (Å²) in [6.07, 6.45) is 0.393. The van der Waals surface area contributed by atoms with E-state index in [4.69, 9.17) is 0 Å². The zero-order valence-electron chi connectivity index (χ0n) is 14.5. The molecule has 2 unspecified atom stereocenters. The summed E-state index contributed by atoms with van der Waals surface area (Å²) < 4.78 is 51.7. The van der Waals surface area contributed by atoms with Crippen LogP contribution < -0.4 is 5.32 Å². The van der Waals surface area contributed by atoms with Gasteiger partial charge in [0.25, 0.3) is 0 Å². The monoisotopic (exact) mass is 459 g/mol. The van der Waals surface area contributed by atoms with Gasteiger partial charge in [-0.15, -0.1) is 0 Å². The summed E-state index contributed by atoms with van der Waals surface area (Å²) in [5.74, 6) is -1.22. The summed E-state index contributed by atoms with van der Waals surface area (Å²) >= 11 is 3.36. The van der Waals surface area contributed by atoms with Crippen LogP contribution in [-0.4, -0.2) is 31.9 Å². The Kier molecular flexibility index (Phi) is 6.30. The number of aliphatic hydroxyl groups is 1. The molecule has 2 aromatic carbocycles. The Morgan fingerprint density at radius 2 is 1.89 bits per heavy atom. The van der Waals surface area contributed by atoms with Crippen LogP contribution in [0, 0.1) is 11.6 Å². The standard InChI is InChI=1S/C19H20BrF2NO3S/c20-13-2-4-19-17(9-13)18(5-6-27(19,25)26)23-11-16(24)3-1-12-7-14(21)10-15(22)8-12/h2,4,7-10,16,18,23-24H,1,3,5-6,11H2. The molecule has 0 spiro atoms. The predicted molar refractivity (Wildman–Crippen MR) is 102 cm³/mol. The van der Waals surface area contributed by atoms with E-state index in [-0.39, 0.29) is 18.3 Å². The maximum absolute atomic E-state index is 13.2. The molecule has 3 rings (SSSR count). The van der Waals surface area contributed by atoms with Gasteiger partial charge in [-0.2, -0.15) is 0 Å². The first kappa shape index (κ1) is 20.4. The first-order chi connectivity index (χ1) is 12.7. The average molecular weight is 460 g/mol. The van der Waals surface area contributed by atoms with Crippen molar-refractivity contribution in [3.05, 3.63) is 63.6 Å². The third-order valence-corrected chi connectivity index (χ3v) is 6.95. The molecule has 1 aliphatic heterocycles. The average Bonchev–Trinajstić information content (AvgIpc) is 2.58. The van der Waals surface area contributed by atoms with E-state index < -0.39 is 27.6 Å². The van der Waals surface area contributed by atoms with E-state index in [0.717, 1.165) is 10.5 Å². The van der Waals surface area contributed by atoms with E-state index in [0.29, 0.717) is 35.3 Å². The molecule has 0 fully saturated rings. The van der Waals surface area contributed by atoms with Gasteiger partial charge in [0.05, 0.1) is 16.8 Å². The van der Waals surface area contributed by atoms with Crippen LogP contribution in [0.1, 0.15) is 30.0 Å². The fraction of sp³-hybridized carbons (Fsp3) is 0.368. The van der Waals surface area contributed by atoms with Crippen molar-refractivity contribution in [1.29, 1.82) is 0 Å². The lowest BCUT2D eigenvalue weighted by atomic mass is 10.0. The number of hydrogen-bond acceptors (Lipinski definition) is 4. The molecule has 1 heterocycles. The quantitative estimate of drug-likeness (QED) is 0.693. The summed E-state index contributed by atoms with van der Waals surface area (Å²) in [6, 6.07) is 8.22. The van der Waals surface area contributed by atoms with Crippen molar-refractivity contribution < 1.29 is 22.3 Å². The highest BCUT2D eigenvalue weighted by Gasteiger charge is 2.30. The van der Waals surface area contributed by atoms with Gasteiger partial charge in [0.1, 0.15) is 11.6 Å². The first-order valence-corrected chi connectivity index (χ1v) is 11.1. The van der Waals surface area contributed by atoms with Gasteiger partial charge in [0, 0.05) is 23.1 Å². The number of hydrogen-bond donors (Lipinski definition) is 2. The number of nitrogens with one attached hydrogen (secondary N) is 1. The highest BCUT2D eigenvalue weighted by atomic mass is 79.9. The Morgan fingerprint density at radius 3 is 2.59 bits per heavy atom. The Balaban J connectivity index is 1.61. The number of sulfone groups is 1. The highest BCUT2D eigenvalue weighted by Crippen LogP contribution is 2.34. The normalized spacial score (nSPS) is 19.5. The van der Waals surface area contributed by atoms with E-state index >= 15 is 0 Å². The van der Waals surface area contributed by atoms with Crippen molar-refractivity contribution in [2.24, 2.45) is 0 Å². The Morgan fingerprint density at radius 1 is 1.19 bits per heavy atom. The number of fused-ring (bicyclic) bond motifs is 1. The fourth-order valence-corrected chi connectivity index (χ4v) is 5.27. The second kappa shape index (κ2) is 8.34. The fourth-order valence-electron chi connectivity index (χ4n) is 3.29. The van der Waals surface area contributed by atoms with Gasteiger partial charge >= 0.3 is 0 Å². The molecule has 0 amide bonds. The van der Waals surface area contributed by atoms with Gasteiger partial charge in [-0.05, 0) is 60.7 Å². The van der Waals surface area contributed by atoms with Gasteiger partial charge in [0.2, 0.25) is 0 Å². The lowest BCUT2D eigenvalue weighted by Gasteiger charge is -2.27. The molecular weight excluding hydrogens is 440 g/mol. The van der Waals surface area contributed by atoms with E-state index in [2.05, 4.69) is 21.2 Å². The Bertz CT molecular complexity index is 916. The minimum absolute atomic E-state index is 0.0535. The van der Waals surface area contributed by atoms with Crippen LogP contribution in [-0.2, 0) is 16.3 Å². The van der Waals surface area contributed by atoms with Gasteiger partial charge in [0.15, 0.2) is 9.84 Å². The van der Waals surface area contributed by atoms with Crippen LogP contribution in [0.2, 0.25) is 0 Å². The van der Waals surface area contributed by atoms with Crippen molar-refractivity contribution in [2.75, 3.05) is 12.3 Å². The lowest BCUT2D eigenvalue weighted by molar-refractivity contribution is 0.157. The minimum atomic E-state index is -3.28. The zero-order valence-corrected chi connectivity index (χ0v) is 16.9. The Labute approximate surface area is 165 Å². The summed E-state index contributed by atoms with van der Waals surface area (Å²) in [4.78, 5) is 0.319. The van der Waals surface area contributed by atoms with Crippen LogP contribution in [0.4, 0.5) is 8.78 Å². The molecule has 4 nitrogen and oxygen atoms in total. The summed E-state index contributed by atoms with van der Waals surface area (Å²) in [6.45, 7) is 0.258. The van der Waals surface area contributed by atoms with Crippen LogP contribution >= 0.6 is 15.9 Å². The van der Waals surface area contributed by atoms with Crippen LogP contribution in [0.5, 0.6) is 0 Å². The Hall–Kier alpha value is -1.35. The molecule has 0 bridgehead atoms. The van der Waals surface area contributed by atoms with Crippen molar-refractivity contribution in [3.63, 3.8) is 0 Å². The van der Waals surface area contributed by atoms with Crippen molar-refractivity contribution >= 4 is 25.8 Å². The predicted octanol–water partition coefficient (Wildman–Crippen LogP) is 3.53. The van der Waals surface area contributed by atoms with Gasteiger partial charge in [-0.1, -0.05) is 15.9 Å². The van der Waals surface area contributed by atoms with Gasteiger partial charge in [-0.3, -0.25) is 0 Å². The van der Waals surface area contributed by atoms with E-state index in [1.807, 2.05) is 0 Å². The van der Waals surface area contributed by atoms with E-state index in [1.54, 1.807) is 18.2 Å². The molecule has 0 aliphatic carbocycles. The molecule has 2 aromatic rings. The zero-order chi connectivity index (χ0) is 19.6. The molecule has 0 radical (unpaired) electrons. The van der Waals surface area contributed by atoms with Gasteiger partial charge < -0.3 is 10.4 Å². The van der Waals surface area contributed by atoms with Crippen LogP contribution in [0.15, 0.2) is 45.8 Å². The SMILES string of the molecule is O=S1(=O)CCC(NCC(O)CCc2cc(F)cc(F)c2)c2cc(Br)ccc21. The smallest absolute Gasteiger partial charge is 0.178 e. The second-order valence-electron chi connectivity index (χ2n) is 6.72. The number of halogens is 3. The molecule has 0 saturated carbocycles. The van der Waals surface area contributed by atoms with E-state index in [9.17, 15) is 22.3 Å². The van der Waals surface area contributed by atoms with Crippen LogP contribution in [0.25, 0.3) is 0 Å². The molecular formula is C19H20BrF2NO3S. The topological polar surface area (TPSA) is 66.4 Å². The lowest BCUT2D eigenvalue weighted by Crippen LogP contribution is -2.34. The minimum Gasteiger partial charge on any atom is -0.392 e. The largest absolute Gasteiger partial charge is 0.392 e. The number of benzene rings is 2. The molecule has 146 valence electrons. The summed E-state index contributed by atoms with van der Waals surface area (Å²) in [7, 11) is -3.28. The maximum Gasteiger partial charge on any atom is 0.178 e. The highest BCUT2D eigenvalue weighted by molar-refractivity contribution is 9.10. The second-order valence-corrected chi connectivity index (χ2v) is 9.71.